The Morgan fingerprint density at radius 2 is 1.75 bits per heavy atom. The first-order valence-corrected chi connectivity index (χ1v) is 12.0. The molecular formula is C27H32N2O7. The standard InChI is InChI=1S/C27H32N2O7/c1-17-16-18(33-2)8-9-19(17)24(30)22-23(20-6-5-7-21(34-3)26(20)35-4)29(27(32)25(22)31)11-10-28-12-14-36-15-13-28/h5-9,16,22-23H,10-15H2,1-4H3. The van der Waals surface area contributed by atoms with E-state index in [0.29, 0.717) is 60.2 Å². The van der Waals surface area contributed by atoms with Crippen molar-refractivity contribution in [2.45, 2.75) is 13.0 Å². The van der Waals surface area contributed by atoms with E-state index in [-0.39, 0.29) is 0 Å². The number of hydrogen-bond acceptors (Lipinski definition) is 8. The average molecular weight is 497 g/mol. The molecule has 1 amide bonds. The van der Waals surface area contributed by atoms with Crippen molar-refractivity contribution in [2.24, 2.45) is 5.92 Å². The zero-order valence-corrected chi connectivity index (χ0v) is 21.1. The lowest BCUT2D eigenvalue weighted by molar-refractivity contribution is -0.141. The summed E-state index contributed by atoms with van der Waals surface area (Å²) in [6, 6.07) is 9.52. The Labute approximate surface area is 210 Å². The maximum Gasteiger partial charge on any atom is 0.291 e. The van der Waals surface area contributed by atoms with E-state index in [9.17, 15) is 14.4 Å². The third-order valence-corrected chi connectivity index (χ3v) is 6.90. The van der Waals surface area contributed by atoms with E-state index >= 15 is 0 Å². The second kappa shape index (κ2) is 11.1. The molecule has 0 radical (unpaired) electrons. The average Bonchev–Trinajstić information content (AvgIpc) is 3.16. The summed E-state index contributed by atoms with van der Waals surface area (Å²) in [5.74, 6) is -1.53. The first kappa shape index (κ1) is 25.7. The monoisotopic (exact) mass is 496 g/mol. The maximum absolute atomic E-state index is 13.9. The van der Waals surface area contributed by atoms with Crippen molar-refractivity contribution in [3.05, 3.63) is 53.1 Å². The van der Waals surface area contributed by atoms with Crippen LogP contribution in [0.1, 0.15) is 27.5 Å². The third kappa shape index (κ3) is 4.81. The zero-order valence-electron chi connectivity index (χ0n) is 21.1. The number of amides is 1. The summed E-state index contributed by atoms with van der Waals surface area (Å²) < 4.78 is 21.8. The number of ether oxygens (including phenoxy) is 4. The highest BCUT2D eigenvalue weighted by molar-refractivity contribution is 6.44. The number of hydrogen-bond donors (Lipinski definition) is 0. The van der Waals surface area contributed by atoms with Gasteiger partial charge in [0.05, 0.1) is 40.6 Å². The van der Waals surface area contributed by atoms with E-state index in [1.165, 1.54) is 19.1 Å². The number of methoxy groups -OCH3 is 3. The van der Waals surface area contributed by atoms with E-state index in [1.807, 2.05) is 0 Å². The van der Waals surface area contributed by atoms with Gasteiger partial charge in [0.2, 0.25) is 5.78 Å². The van der Waals surface area contributed by atoms with Gasteiger partial charge in [0, 0.05) is 37.3 Å². The summed E-state index contributed by atoms with van der Waals surface area (Å²) in [6.07, 6.45) is 0. The Kier molecular flexibility index (Phi) is 7.91. The van der Waals surface area contributed by atoms with Gasteiger partial charge in [-0.2, -0.15) is 0 Å². The molecule has 0 saturated carbocycles. The van der Waals surface area contributed by atoms with Gasteiger partial charge in [-0.05, 0) is 36.8 Å². The number of Topliss-reactive ketones (excluding diaryl/α,β-unsaturated/α-hetero) is 2. The molecule has 0 spiro atoms. The molecular weight excluding hydrogens is 464 g/mol. The second-order valence-electron chi connectivity index (χ2n) is 8.87. The van der Waals surface area contributed by atoms with Crippen LogP contribution >= 0.6 is 0 Å². The van der Waals surface area contributed by atoms with Crippen LogP contribution in [-0.4, -0.2) is 88.0 Å². The van der Waals surface area contributed by atoms with Gasteiger partial charge in [-0.25, -0.2) is 0 Å². The predicted octanol–water partition coefficient (Wildman–Crippen LogP) is 2.30. The number of ketones is 2. The van der Waals surface area contributed by atoms with E-state index < -0.39 is 29.4 Å². The van der Waals surface area contributed by atoms with Crippen molar-refractivity contribution < 1.29 is 33.3 Å². The van der Waals surface area contributed by atoms with Gasteiger partial charge in [0.25, 0.3) is 5.91 Å². The third-order valence-electron chi connectivity index (χ3n) is 6.90. The fourth-order valence-corrected chi connectivity index (χ4v) is 5.00. The Balaban J connectivity index is 1.76. The molecule has 2 unspecified atom stereocenters. The molecule has 2 fully saturated rings. The molecule has 0 aromatic heterocycles. The highest BCUT2D eigenvalue weighted by atomic mass is 16.5. The van der Waals surface area contributed by atoms with Crippen LogP contribution in [0.4, 0.5) is 0 Å². The van der Waals surface area contributed by atoms with Gasteiger partial charge in [-0.1, -0.05) is 12.1 Å². The SMILES string of the molecule is COc1ccc(C(=O)C2C(=O)C(=O)N(CCN3CCOCC3)C2c2cccc(OC)c2OC)c(C)c1. The Morgan fingerprint density at radius 3 is 2.39 bits per heavy atom. The molecule has 0 aliphatic carbocycles. The fraction of sp³-hybridized carbons (Fsp3) is 0.444. The highest BCUT2D eigenvalue weighted by Gasteiger charge is 2.52. The van der Waals surface area contributed by atoms with Crippen LogP contribution in [0, 0.1) is 12.8 Å². The molecule has 2 aromatic rings. The molecule has 0 N–H and O–H groups in total. The zero-order chi connectivity index (χ0) is 25.8. The largest absolute Gasteiger partial charge is 0.497 e. The molecule has 2 atom stereocenters. The van der Waals surface area contributed by atoms with Gasteiger partial charge < -0.3 is 23.8 Å². The number of nitrogens with zero attached hydrogens (tertiary/aromatic N) is 2. The summed E-state index contributed by atoms with van der Waals surface area (Å²) in [4.78, 5) is 44.3. The number of carbonyl (C=O) groups is 3. The van der Waals surface area contributed by atoms with Crippen molar-refractivity contribution in [1.82, 2.24) is 9.80 Å². The van der Waals surface area contributed by atoms with Crippen molar-refractivity contribution in [3.8, 4) is 17.2 Å². The summed E-state index contributed by atoms with van der Waals surface area (Å²) in [5.41, 5.74) is 1.61. The molecule has 2 aliphatic heterocycles. The number of carbonyl (C=O) groups excluding carboxylic acids is 3. The molecule has 36 heavy (non-hydrogen) atoms. The first-order valence-electron chi connectivity index (χ1n) is 12.0. The van der Waals surface area contributed by atoms with E-state index in [4.69, 9.17) is 18.9 Å². The van der Waals surface area contributed by atoms with Gasteiger partial charge in [-0.3, -0.25) is 19.3 Å². The van der Waals surface area contributed by atoms with Crippen molar-refractivity contribution in [1.29, 1.82) is 0 Å². The minimum Gasteiger partial charge on any atom is -0.497 e. The smallest absolute Gasteiger partial charge is 0.291 e. The number of rotatable bonds is 9. The Morgan fingerprint density at radius 1 is 1.00 bits per heavy atom. The van der Waals surface area contributed by atoms with Crippen LogP contribution in [0.25, 0.3) is 0 Å². The number of aryl methyl sites for hydroxylation is 1. The fourth-order valence-electron chi connectivity index (χ4n) is 5.00. The van der Waals surface area contributed by atoms with E-state index in [1.54, 1.807) is 50.4 Å². The summed E-state index contributed by atoms with van der Waals surface area (Å²) in [5, 5.41) is 0. The summed E-state index contributed by atoms with van der Waals surface area (Å²) >= 11 is 0. The number of benzene rings is 2. The van der Waals surface area contributed by atoms with Gasteiger partial charge in [-0.15, -0.1) is 0 Å². The Hall–Kier alpha value is -3.43. The number of para-hydroxylation sites is 1. The quantitative estimate of drug-likeness (QED) is 0.297. The minimum atomic E-state index is -1.21. The lowest BCUT2D eigenvalue weighted by atomic mass is 9.84. The van der Waals surface area contributed by atoms with Crippen molar-refractivity contribution in [2.75, 3.05) is 60.7 Å². The molecule has 2 saturated heterocycles. The molecule has 0 bridgehead atoms. The molecule has 2 aliphatic rings. The molecule has 9 heteroatoms. The maximum atomic E-state index is 13.9. The first-order chi connectivity index (χ1) is 17.4. The lowest BCUT2D eigenvalue weighted by Crippen LogP contribution is -2.43. The Bertz CT molecular complexity index is 1140. The topological polar surface area (TPSA) is 94.6 Å². The van der Waals surface area contributed by atoms with Crippen LogP contribution in [-0.2, 0) is 14.3 Å². The molecule has 192 valence electrons. The number of likely N-dealkylation sites (tertiary alicyclic amines) is 1. The van der Waals surface area contributed by atoms with E-state index in [0.717, 1.165) is 13.1 Å². The normalized spacial score (nSPS) is 20.5. The van der Waals surface area contributed by atoms with Crippen LogP contribution in [0.15, 0.2) is 36.4 Å². The van der Waals surface area contributed by atoms with E-state index in [2.05, 4.69) is 4.90 Å². The minimum absolute atomic E-state index is 0.293. The van der Waals surface area contributed by atoms with Gasteiger partial charge >= 0.3 is 0 Å². The van der Waals surface area contributed by atoms with Crippen LogP contribution < -0.4 is 14.2 Å². The molecule has 2 aromatic carbocycles. The van der Waals surface area contributed by atoms with Crippen molar-refractivity contribution in [3.63, 3.8) is 0 Å². The molecule has 9 nitrogen and oxygen atoms in total. The number of morpholine rings is 1. The highest BCUT2D eigenvalue weighted by Crippen LogP contribution is 2.45. The van der Waals surface area contributed by atoms with Gasteiger partial charge in [0.1, 0.15) is 11.7 Å². The summed E-state index contributed by atoms with van der Waals surface area (Å²) in [7, 11) is 4.57. The summed E-state index contributed by atoms with van der Waals surface area (Å²) in [6.45, 7) is 5.38. The van der Waals surface area contributed by atoms with Crippen LogP contribution in [0.3, 0.4) is 0 Å². The van der Waals surface area contributed by atoms with Gasteiger partial charge in [0.15, 0.2) is 17.3 Å². The van der Waals surface area contributed by atoms with Crippen molar-refractivity contribution >= 4 is 17.5 Å². The predicted molar refractivity (Wildman–Crippen MR) is 132 cm³/mol. The lowest BCUT2D eigenvalue weighted by Gasteiger charge is -2.32. The van der Waals surface area contributed by atoms with Crippen LogP contribution in [0.2, 0.25) is 0 Å². The van der Waals surface area contributed by atoms with Crippen LogP contribution in [0.5, 0.6) is 17.2 Å². The molecule has 2 heterocycles. The second-order valence-corrected chi connectivity index (χ2v) is 8.87. The molecule has 4 rings (SSSR count).